The molecule has 0 atom stereocenters. The summed E-state index contributed by atoms with van der Waals surface area (Å²) in [5.41, 5.74) is 7.38. The molecule has 0 aromatic heterocycles. The fourth-order valence-electron chi connectivity index (χ4n) is 0.974. The van der Waals surface area contributed by atoms with Crippen LogP contribution in [0.25, 0.3) is 0 Å². The highest BCUT2D eigenvalue weighted by atomic mass is 79.9. The molecule has 0 fully saturated rings. The third-order valence-electron chi connectivity index (χ3n) is 1.81. The second-order valence-electron chi connectivity index (χ2n) is 3.02. The molecular formula is C9H7BrN6O2. The zero-order chi connectivity index (χ0) is 13.7. The Bertz CT molecular complexity index is 577. The Hall–Kier alpha value is -2.47. The van der Waals surface area contributed by atoms with Crippen molar-refractivity contribution in [1.29, 1.82) is 10.7 Å². The number of nitrogens with one attached hydrogen (secondary N) is 2. The van der Waals surface area contributed by atoms with Crippen LogP contribution in [0.1, 0.15) is 0 Å². The first-order chi connectivity index (χ1) is 8.45. The van der Waals surface area contributed by atoms with E-state index in [1.165, 1.54) is 18.2 Å². The van der Waals surface area contributed by atoms with Crippen molar-refractivity contribution in [3.8, 4) is 6.07 Å². The van der Waals surface area contributed by atoms with E-state index in [9.17, 15) is 10.1 Å². The quantitative estimate of drug-likeness (QED) is 0.335. The van der Waals surface area contributed by atoms with Crippen LogP contribution in [0.15, 0.2) is 27.8 Å². The lowest BCUT2D eigenvalue weighted by molar-refractivity contribution is -0.384. The zero-order valence-electron chi connectivity index (χ0n) is 8.85. The van der Waals surface area contributed by atoms with Gasteiger partial charge in [0, 0.05) is 16.6 Å². The van der Waals surface area contributed by atoms with Crippen molar-refractivity contribution in [2.24, 2.45) is 10.8 Å². The minimum atomic E-state index is -0.558. The van der Waals surface area contributed by atoms with Gasteiger partial charge in [-0.1, -0.05) is 0 Å². The summed E-state index contributed by atoms with van der Waals surface area (Å²) < 4.78 is 0.526. The Balaban J connectivity index is 3.05. The average molecular weight is 311 g/mol. The highest BCUT2D eigenvalue weighted by Gasteiger charge is 2.09. The van der Waals surface area contributed by atoms with Crippen molar-refractivity contribution in [1.82, 2.24) is 0 Å². The molecule has 0 bridgehead atoms. The van der Waals surface area contributed by atoms with Crippen molar-refractivity contribution < 1.29 is 4.92 Å². The van der Waals surface area contributed by atoms with Crippen molar-refractivity contribution in [2.45, 2.75) is 0 Å². The van der Waals surface area contributed by atoms with Crippen LogP contribution < -0.4 is 11.2 Å². The van der Waals surface area contributed by atoms with Gasteiger partial charge in [0.1, 0.15) is 6.07 Å². The number of nitrogens with zero attached hydrogens (tertiary/aromatic N) is 3. The van der Waals surface area contributed by atoms with E-state index in [1.807, 2.05) is 0 Å². The second-order valence-corrected chi connectivity index (χ2v) is 3.87. The molecule has 0 saturated heterocycles. The van der Waals surface area contributed by atoms with Crippen LogP contribution >= 0.6 is 15.9 Å². The number of amidine groups is 1. The first kappa shape index (κ1) is 13.6. The molecular weight excluding hydrogens is 304 g/mol. The molecule has 0 aliphatic rings. The normalized spacial score (nSPS) is 10.6. The summed E-state index contributed by atoms with van der Waals surface area (Å²) in [6.45, 7) is 0. The molecule has 18 heavy (non-hydrogen) atoms. The van der Waals surface area contributed by atoms with E-state index < -0.39 is 10.8 Å². The molecule has 4 N–H and O–H groups in total. The number of anilines is 1. The van der Waals surface area contributed by atoms with Crippen LogP contribution in [0.5, 0.6) is 0 Å². The summed E-state index contributed by atoms with van der Waals surface area (Å²) >= 11 is 3.17. The number of halogens is 1. The van der Waals surface area contributed by atoms with Crippen LogP contribution in [0.2, 0.25) is 0 Å². The van der Waals surface area contributed by atoms with E-state index >= 15 is 0 Å². The number of non-ortho nitro benzene ring substituents is 1. The molecule has 0 saturated carbocycles. The molecule has 0 radical (unpaired) electrons. The predicted octanol–water partition coefficient (Wildman–Crippen LogP) is 1.58. The molecule has 1 aromatic rings. The Labute approximate surface area is 110 Å². The van der Waals surface area contributed by atoms with Gasteiger partial charge >= 0.3 is 0 Å². The molecule has 0 amide bonds. The highest BCUT2D eigenvalue weighted by Crippen LogP contribution is 2.26. The van der Waals surface area contributed by atoms with E-state index in [1.54, 1.807) is 6.07 Å². The van der Waals surface area contributed by atoms with E-state index in [2.05, 4.69) is 26.5 Å². The molecule has 1 aromatic carbocycles. The Morgan fingerprint density at radius 2 is 2.33 bits per heavy atom. The maximum Gasteiger partial charge on any atom is 0.271 e. The van der Waals surface area contributed by atoms with Gasteiger partial charge in [0.2, 0.25) is 5.71 Å². The maximum absolute atomic E-state index is 10.6. The van der Waals surface area contributed by atoms with Crippen LogP contribution in [0.3, 0.4) is 0 Å². The number of nitro benzene ring substituents is 1. The summed E-state index contributed by atoms with van der Waals surface area (Å²) in [5.74, 6) is -0.494. The van der Waals surface area contributed by atoms with Crippen LogP contribution in [-0.4, -0.2) is 16.5 Å². The van der Waals surface area contributed by atoms with Crippen LogP contribution in [-0.2, 0) is 0 Å². The Morgan fingerprint density at radius 1 is 1.67 bits per heavy atom. The predicted molar refractivity (Wildman–Crippen MR) is 69.4 cm³/mol. The number of hydrogen-bond donors (Lipinski definition) is 3. The van der Waals surface area contributed by atoms with Gasteiger partial charge in [-0.3, -0.25) is 20.9 Å². The fraction of sp³-hybridized carbons (Fsp3) is 0. The summed E-state index contributed by atoms with van der Waals surface area (Å²) in [6.07, 6.45) is 0. The maximum atomic E-state index is 10.6. The minimum absolute atomic E-state index is 0.128. The third-order valence-corrected chi connectivity index (χ3v) is 2.50. The van der Waals surface area contributed by atoms with Crippen molar-refractivity contribution in [3.05, 3.63) is 32.8 Å². The topological polar surface area (TPSA) is 141 Å². The summed E-state index contributed by atoms with van der Waals surface area (Å²) in [7, 11) is 0. The lowest BCUT2D eigenvalue weighted by Gasteiger charge is -2.03. The Kier molecular flexibility index (Phi) is 4.33. The van der Waals surface area contributed by atoms with Crippen molar-refractivity contribution in [2.75, 3.05) is 5.43 Å². The first-order valence-electron chi connectivity index (χ1n) is 4.48. The van der Waals surface area contributed by atoms with Crippen LogP contribution in [0.4, 0.5) is 11.4 Å². The zero-order valence-corrected chi connectivity index (χ0v) is 10.4. The number of nitrogens with two attached hydrogens (primary N) is 1. The Morgan fingerprint density at radius 3 is 2.83 bits per heavy atom. The highest BCUT2D eigenvalue weighted by molar-refractivity contribution is 9.10. The number of nitro groups is 1. The molecule has 9 heteroatoms. The van der Waals surface area contributed by atoms with Gasteiger partial charge in [0.15, 0.2) is 5.84 Å². The first-order valence-corrected chi connectivity index (χ1v) is 5.27. The van der Waals surface area contributed by atoms with Gasteiger partial charge in [-0.05, 0) is 22.0 Å². The fourth-order valence-corrected chi connectivity index (χ4v) is 1.31. The molecule has 0 aliphatic carbocycles. The summed E-state index contributed by atoms with van der Waals surface area (Å²) in [5, 5.41) is 29.8. The van der Waals surface area contributed by atoms with Gasteiger partial charge in [0.05, 0.1) is 10.6 Å². The molecule has 0 spiro atoms. The average Bonchev–Trinajstić information content (AvgIpc) is 2.31. The molecule has 1 rings (SSSR count). The SMILES string of the molecule is N#C/C(=N\Nc1cc([N+](=O)[O-])ccc1Br)C(=N)N. The lowest BCUT2D eigenvalue weighted by Crippen LogP contribution is -2.21. The van der Waals surface area contributed by atoms with E-state index in [4.69, 9.17) is 16.4 Å². The smallest absolute Gasteiger partial charge is 0.271 e. The summed E-state index contributed by atoms with van der Waals surface area (Å²) in [6, 6.07) is 5.64. The minimum Gasteiger partial charge on any atom is -0.382 e. The largest absolute Gasteiger partial charge is 0.382 e. The van der Waals surface area contributed by atoms with Crippen molar-refractivity contribution >= 4 is 38.9 Å². The number of rotatable bonds is 4. The number of nitriles is 1. The molecule has 0 aliphatic heterocycles. The van der Waals surface area contributed by atoms with Crippen molar-refractivity contribution in [3.63, 3.8) is 0 Å². The lowest BCUT2D eigenvalue weighted by atomic mass is 10.3. The standard InChI is InChI=1S/C9H7BrN6O2/c10-6-2-1-5(16(17)18)3-7(6)14-15-8(4-11)9(12)13/h1-3,14H,(H3,12,13)/b15-8+. The number of hydrogen-bond acceptors (Lipinski definition) is 6. The monoisotopic (exact) mass is 310 g/mol. The number of hydrazone groups is 1. The molecule has 92 valence electrons. The van der Waals surface area contributed by atoms with E-state index in [0.29, 0.717) is 10.2 Å². The number of benzene rings is 1. The molecule has 0 unspecified atom stereocenters. The van der Waals surface area contributed by atoms with Crippen LogP contribution in [0, 0.1) is 26.9 Å². The van der Waals surface area contributed by atoms with Gasteiger partial charge in [-0.25, -0.2) is 0 Å². The van der Waals surface area contributed by atoms with Gasteiger partial charge < -0.3 is 5.73 Å². The molecule has 8 nitrogen and oxygen atoms in total. The second kappa shape index (κ2) is 5.74. The molecule has 0 heterocycles. The third kappa shape index (κ3) is 3.26. The van der Waals surface area contributed by atoms with Gasteiger partial charge in [-0.2, -0.15) is 10.4 Å². The van der Waals surface area contributed by atoms with Gasteiger partial charge in [-0.15, -0.1) is 0 Å². The van der Waals surface area contributed by atoms with E-state index in [-0.39, 0.29) is 11.4 Å². The van der Waals surface area contributed by atoms with E-state index in [0.717, 1.165) is 0 Å². The summed E-state index contributed by atoms with van der Waals surface area (Å²) in [4.78, 5) is 10.0. The van der Waals surface area contributed by atoms with Gasteiger partial charge in [0.25, 0.3) is 5.69 Å².